The molecule has 1 aromatic carbocycles. The number of thiazole rings is 1. The van der Waals surface area contributed by atoms with E-state index in [1.165, 1.54) is 10.6 Å². The molecule has 4 nitrogen and oxygen atoms in total. The molecule has 0 fully saturated rings. The predicted molar refractivity (Wildman–Crippen MR) is 71.6 cm³/mol. The average molecular weight is 280 g/mol. The second-order valence-electron chi connectivity index (χ2n) is 4.10. The third kappa shape index (κ3) is 3.29. The highest BCUT2D eigenvalue weighted by Crippen LogP contribution is 2.05. The SMILES string of the molecule is Cc1csc(=O)n1CC(=O)NCc1ccccc1F. The normalized spacial score (nSPS) is 10.4. The maximum atomic E-state index is 13.3. The number of nitrogens with one attached hydrogen (secondary N) is 1. The van der Waals surface area contributed by atoms with Gasteiger partial charge in [-0.05, 0) is 13.0 Å². The van der Waals surface area contributed by atoms with Crippen molar-refractivity contribution in [2.45, 2.75) is 20.0 Å². The summed E-state index contributed by atoms with van der Waals surface area (Å²) in [6.07, 6.45) is 0. The molecule has 0 atom stereocenters. The average Bonchev–Trinajstić information content (AvgIpc) is 2.70. The minimum Gasteiger partial charge on any atom is -0.350 e. The number of hydrogen-bond acceptors (Lipinski definition) is 3. The summed E-state index contributed by atoms with van der Waals surface area (Å²) in [5, 5.41) is 4.30. The first-order valence-electron chi connectivity index (χ1n) is 5.73. The van der Waals surface area contributed by atoms with E-state index in [0.717, 1.165) is 17.0 Å². The van der Waals surface area contributed by atoms with Crippen molar-refractivity contribution in [2.24, 2.45) is 0 Å². The van der Waals surface area contributed by atoms with Gasteiger partial charge >= 0.3 is 4.87 Å². The highest BCUT2D eigenvalue weighted by Gasteiger charge is 2.09. The molecule has 0 aliphatic rings. The summed E-state index contributed by atoms with van der Waals surface area (Å²) in [5.41, 5.74) is 1.17. The number of rotatable bonds is 4. The van der Waals surface area contributed by atoms with Crippen LogP contribution in [0.1, 0.15) is 11.3 Å². The van der Waals surface area contributed by atoms with E-state index < -0.39 is 0 Å². The van der Waals surface area contributed by atoms with Gasteiger partial charge in [0.25, 0.3) is 0 Å². The number of nitrogens with zero attached hydrogens (tertiary/aromatic N) is 1. The van der Waals surface area contributed by atoms with Gasteiger partial charge in [-0.1, -0.05) is 29.5 Å². The summed E-state index contributed by atoms with van der Waals surface area (Å²) in [7, 11) is 0. The van der Waals surface area contributed by atoms with Gasteiger partial charge in [0.15, 0.2) is 0 Å². The fourth-order valence-corrected chi connectivity index (χ4v) is 2.37. The topological polar surface area (TPSA) is 51.1 Å². The van der Waals surface area contributed by atoms with Crippen LogP contribution in [-0.4, -0.2) is 10.5 Å². The lowest BCUT2D eigenvalue weighted by Gasteiger charge is -2.07. The van der Waals surface area contributed by atoms with Gasteiger partial charge in [-0.2, -0.15) is 0 Å². The van der Waals surface area contributed by atoms with Gasteiger partial charge in [-0.15, -0.1) is 0 Å². The highest BCUT2D eigenvalue weighted by atomic mass is 32.1. The van der Waals surface area contributed by atoms with E-state index in [1.54, 1.807) is 30.5 Å². The minimum absolute atomic E-state index is 0.0391. The number of hydrogen-bond donors (Lipinski definition) is 1. The Kier molecular flexibility index (Phi) is 4.11. The Hall–Kier alpha value is -1.95. The van der Waals surface area contributed by atoms with Crippen molar-refractivity contribution in [3.05, 3.63) is 56.4 Å². The van der Waals surface area contributed by atoms with Crippen molar-refractivity contribution in [3.8, 4) is 0 Å². The Morgan fingerprint density at radius 1 is 1.42 bits per heavy atom. The van der Waals surface area contributed by atoms with Crippen LogP contribution >= 0.6 is 11.3 Å². The summed E-state index contributed by atoms with van der Waals surface area (Å²) in [6.45, 7) is 1.84. The lowest BCUT2D eigenvalue weighted by molar-refractivity contribution is -0.121. The molecule has 1 aromatic heterocycles. The molecule has 1 amide bonds. The first-order chi connectivity index (χ1) is 9.08. The first-order valence-corrected chi connectivity index (χ1v) is 6.61. The minimum atomic E-state index is -0.355. The Morgan fingerprint density at radius 3 is 2.79 bits per heavy atom. The quantitative estimate of drug-likeness (QED) is 0.926. The van der Waals surface area contributed by atoms with Gasteiger partial charge < -0.3 is 5.32 Å². The molecule has 0 radical (unpaired) electrons. The van der Waals surface area contributed by atoms with Crippen LogP contribution < -0.4 is 10.2 Å². The Morgan fingerprint density at radius 2 is 2.16 bits per heavy atom. The molecule has 1 N–H and O–H groups in total. The van der Waals surface area contributed by atoms with Crippen LogP contribution in [0, 0.1) is 12.7 Å². The molecule has 0 unspecified atom stereocenters. The fourth-order valence-electron chi connectivity index (χ4n) is 1.63. The van der Waals surface area contributed by atoms with Gasteiger partial charge in [0.1, 0.15) is 12.4 Å². The summed E-state index contributed by atoms with van der Waals surface area (Å²) in [6, 6.07) is 6.25. The Balaban J connectivity index is 1.96. The molecule has 0 aliphatic carbocycles. The molecule has 0 saturated carbocycles. The van der Waals surface area contributed by atoms with Crippen LogP contribution in [0.3, 0.4) is 0 Å². The molecular weight excluding hydrogens is 267 g/mol. The van der Waals surface area contributed by atoms with Crippen molar-refractivity contribution in [2.75, 3.05) is 0 Å². The van der Waals surface area contributed by atoms with E-state index in [9.17, 15) is 14.0 Å². The van der Waals surface area contributed by atoms with E-state index in [2.05, 4.69) is 5.32 Å². The molecular formula is C13H13FN2O2S. The van der Waals surface area contributed by atoms with Gasteiger partial charge in [-0.3, -0.25) is 14.2 Å². The number of carbonyl (C=O) groups excluding carboxylic acids is 1. The smallest absolute Gasteiger partial charge is 0.307 e. The number of carbonyl (C=O) groups is 1. The molecule has 0 aliphatic heterocycles. The lowest BCUT2D eigenvalue weighted by Crippen LogP contribution is -2.30. The zero-order valence-corrected chi connectivity index (χ0v) is 11.2. The van der Waals surface area contributed by atoms with Gasteiger partial charge in [0.05, 0.1) is 0 Å². The molecule has 6 heteroatoms. The molecule has 0 saturated heterocycles. The van der Waals surface area contributed by atoms with E-state index in [0.29, 0.717) is 5.56 Å². The van der Waals surface area contributed by atoms with Crippen molar-refractivity contribution in [1.29, 1.82) is 0 Å². The predicted octanol–water partition coefficient (Wildman–Crippen LogP) is 1.67. The van der Waals surface area contributed by atoms with Gasteiger partial charge in [0.2, 0.25) is 5.91 Å². The monoisotopic (exact) mass is 280 g/mol. The van der Waals surface area contributed by atoms with Gasteiger partial charge in [-0.25, -0.2) is 4.39 Å². The van der Waals surface area contributed by atoms with E-state index in [1.807, 2.05) is 0 Å². The van der Waals surface area contributed by atoms with E-state index >= 15 is 0 Å². The zero-order chi connectivity index (χ0) is 13.8. The van der Waals surface area contributed by atoms with Crippen LogP contribution in [-0.2, 0) is 17.9 Å². The Labute approximate surface area is 113 Å². The molecule has 100 valence electrons. The maximum Gasteiger partial charge on any atom is 0.307 e. The third-order valence-electron chi connectivity index (χ3n) is 2.71. The molecule has 1 heterocycles. The molecule has 19 heavy (non-hydrogen) atoms. The number of aromatic nitrogens is 1. The summed E-state index contributed by atoms with van der Waals surface area (Å²) in [5.74, 6) is -0.668. The standard InChI is InChI=1S/C13H13FN2O2S/c1-9-8-19-13(18)16(9)7-12(17)15-6-10-4-2-3-5-11(10)14/h2-5,8H,6-7H2,1H3,(H,15,17). The molecule has 2 aromatic rings. The molecule has 0 bridgehead atoms. The van der Waals surface area contributed by atoms with Crippen LogP contribution in [0.15, 0.2) is 34.4 Å². The van der Waals surface area contributed by atoms with Crippen LogP contribution in [0.5, 0.6) is 0 Å². The second kappa shape index (κ2) is 5.79. The molecule has 2 rings (SSSR count). The number of halogens is 1. The van der Waals surface area contributed by atoms with Crippen molar-refractivity contribution in [3.63, 3.8) is 0 Å². The molecule has 0 spiro atoms. The number of amides is 1. The fraction of sp³-hybridized carbons (Fsp3) is 0.231. The van der Waals surface area contributed by atoms with Crippen molar-refractivity contribution < 1.29 is 9.18 Å². The first kappa shape index (κ1) is 13.5. The lowest BCUT2D eigenvalue weighted by atomic mass is 10.2. The maximum absolute atomic E-state index is 13.3. The summed E-state index contributed by atoms with van der Waals surface area (Å²) in [4.78, 5) is 23.0. The summed E-state index contributed by atoms with van der Waals surface area (Å²) >= 11 is 1.06. The number of aryl methyl sites for hydroxylation is 1. The van der Waals surface area contributed by atoms with E-state index in [4.69, 9.17) is 0 Å². The van der Waals surface area contributed by atoms with Gasteiger partial charge in [0, 0.05) is 23.2 Å². The largest absolute Gasteiger partial charge is 0.350 e. The van der Waals surface area contributed by atoms with Crippen molar-refractivity contribution in [1.82, 2.24) is 9.88 Å². The second-order valence-corrected chi connectivity index (χ2v) is 4.92. The Bertz CT molecular complexity index is 648. The highest BCUT2D eigenvalue weighted by molar-refractivity contribution is 7.07. The zero-order valence-electron chi connectivity index (χ0n) is 10.4. The summed E-state index contributed by atoms with van der Waals surface area (Å²) < 4.78 is 14.7. The van der Waals surface area contributed by atoms with E-state index in [-0.39, 0.29) is 29.7 Å². The van der Waals surface area contributed by atoms with Crippen molar-refractivity contribution >= 4 is 17.2 Å². The number of benzene rings is 1. The van der Waals surface area contributed by atoms with Crippen LogP contribution in [0.4, 0.5) is 4.39 Å². The van der Waals surface area contributed by atoms with Crippen LogP contribution in [0.25, 0.3) is 0 Å². The van der Waals surface area contributed by atoms with Crippen LogP contribution in [0.2, 0.25) is 0 Å². The third-order valence-corrected chi connectivity index (χ3v) is 3.59.